The van der Waals surface area contributed by atoms with Crippen molar-refractivity contribution in [1.29, 1.82) is 0 Å². The van der Waals surface area contributed by atoms with Crippen LogP contribution in [0.25, 0.3) is 0 Å². The van der Waals surface area contributed by atoms with E-state index >= 15 is 0 Å². The van der Waals surface area contributed by atoms with Crippen LogP contribution >= 0.6 is 0 Å². The summed E-state index contributed by atoms with van der Waals surface area (Å²) in [6, 6.07) is 1.89. The summed E-state index contributed by atoms with van der Waals surface area (Å²) < 4.78 is 0. The Bertz CT molecular complexity index is 748. The first-order valence-corrected chi connectivity index (χ1v) is 14.7. The third-order valence-corrected chi connectivity index (χ3v) is 9.68. The van der Waals surface area contributed by atoms with E-state index in [4.69, 9.17) is 0 Å². The molecule has 6 aliphatic rings. The van der Waals surface area contributed by atoms with Crippen LogP contribution in [-0.4, -0.2) is 90.0 Å². The third kappa shape index (κ3) is 6.69. The van der Waals surface area contributed by atoms with E-state index < -0.39 is 0 Å². The highest BCUT2D eigenvalue weighted by Crippen LogP contribution is 2.33. The minimum Gasteiger partial charge on any atom is -0.316 e. The molecule has 0 bridgehead atoms. The maximum absolute atomic E-state index is 3.53. The Balaban J connectivity index is 0.000000127. The number of allylic oxidation sites excluding steroid dienone is 3. The summed E-state index contributed by atoms with van der Waals surface area (Å²) in [6.07, 6.45) is 16.6. The normalized spacial score (nSPS) is 42.2. The van der Waals surface area contributed by atoms with Gasteiger partial charge in [-0.3, -0.25) is 0 Å². The monoisotopic (exact) mass is 498 g/mol. The standard InChI is InChI=1S/3C10H18N2/c1-7-3-4-10(11-2)9-6-12-5-8(7)9;1-12(2)10-5-3-4-8-6-11-7-9(8)10;1-2-12-10-5-3-4-8-6-11-7-9(8)10/h3-4,7-12H,5-6H2,1-2H3;3,5,8-11H,4,6-7H2,1-2H3;3,5,8-12H,2,4,6-7H2,1H3. The summed E-state index contributed by atoms with van der Waals surface area (Å²) in [4.78, 5) is 2.33. The average Bonchev–Trinajstić information content (AvgIpc) is 3.66. The Kier molecular flexibility index (Phi) is 10.6. The number of fused-ring (bicyclic) bond motifs is 3. The van der Waals surface area contributed by atoms with Gasteiger partial charge in [-0.1, -0.05) is 50.3 Å². The van der Waals surface area contributed by atoms with Crippen molar-refractivity contribution < 1.29 is 0 Å². The highest BCUT2D eigenvalue weighted by Gasteiger charge is 2.37. The largest absolute Gasteiger partial charge is 0.316 e. The topological polar surface area (TPSA) is 63.4 Å². The van der Waals surface area contributed by atoms with Gasteiger partial charge in [-0.2, -0.15) is 0 Å². The number of nitrogens with one attached hydrogen (secondary N) is 5. The second-order valence-electron chi connectivity index (χ2n) is 12.1. The molecule has 0 spiro atoms. The molecule has 3 aliphatic heterocycles. The van der Waals surface area contributed by atoms with Gasteiger partial charge in [0.2, 0.25) is 0 Å². The molecule has 0 aromatic heterocycles. The molecule has 3 fully saturated rings. The van der Waals surface area contributed by atoms with Crippen molar-refractivity contribution >= 4 is 0 Å². The Hall–Kier alpha value is -1.02. The molecular formula is C30H54N6. The van der Waals surface area contributed by atoms with E-state index in [1.165, 1.54) is 52.1 Å². The summed E-state index contributed by atoms with van der Waals surface area (Å²) in [6.45, 7) is 12.8. The number of hydrogen-bond acceptors (Lipinski definition) is 6. The van der Waals surface area contributed by atoms with Crippen LogP contribution in [0.3, 0.4) is 0 Å². The summed E-state index contributed by atoms with van der Waals surface area (Å²) in [5, 5.41) is 17.3. The smallest absolute Gasteiger partial charge is 0.0315 e. The first-order chi connectivity index (χ1) is 17.5. The molecule has 204 valence electrons. The summed E-state index contributed by atoms with van der Waals surface area (Å²) >= 11 is 0. The number of rotatable bonds is 4. The second-order valence-corrected chi connectivity index (χ2v) is 12.1. The Morgan fingerprint density at radius 2 is 1.33 bits per heavy atom. The third-order valence-electron chi connectivity index (χ3n) is 9.68. The molecule has 3 saturated heterocycles. The highest BCUT2D eigenvalue weighted by atomic mass is 15.1. The van der Waals surface area contributed by atoms with Crippen LogP contribution in [0.15, 0.2) is 36.5 Å². The molecule has 6 heteroatoms. The van der Waals surface area contributed by atoms with Gasteiger partial charge < -0.3 is 31.5 Å². The Labute approximate surface area is 221 Å². The van der Waals surface area contributed by atoms with Crippen LogP contribution in [0, 0.1) is 41.4 Å². The maximum Gasteiger partial charge on any atom is 0.0315 e. The van der Waals surface area contributed by atoms with Gasteiger partial charge in [-0.15, -0.1) is 0 Å². The van der Waals surface area contributed by atoms with Gasteiger partial charge in [-0.05, 0) is 102 Å². The summed E-state index contributed by atoms with van der Waals surface area (Å²) in [7, 11) is 6.41. The molecule has 0 amide bonds. The van der Waals surface area contributed by atoms with Crippen molar-refractivity contribution in [1.82, 2.24) is 31.5 Å². The lowest BCUT2D eigenvalue weighted by Crippen LogP contribution is -2.40. The minimum atomic E-state index is 0.598. The van der Waals surface area contributed by atoms with Crippen LogP contribution < -0.4 is 26.6 Å². The van der Waals surface area contributed by atoms with E-state index in [0.29, 0.717) is 18.1 Å². The van der Waals surface area contributed by atoms with Crippen LogP contribution in [0.5, 0.6) is 0 Å². The molecule has 0 saturated carbocycles. The van der Waals surface area contributed by atoms with E-state index in [1.54, 1.807) is 0 Å². The zero-order valence-electron chi connectivity index (χ0n) is 23.5. The second kappa shape index (κ2) is 13.7. The molecule has 3 aliphatic carbocycles. The molecule has 0 aromatic rings. The van der Waals surface area contributed by atoms with Gasteiger partial charge in [0, 0.05) is 37.8 Å². The van der Waals surface area contributed by atoms with Gasteiger partial charge in [0.05, 0.1) is 0 Å². The number of nitrogens with zero attached hydrogens (tertiary/aromatic N) is 1. The van der Waals surface area contributed by atoms with E-state index in [9.17, 15) is 0 Å². The van der Waals surface area contributed by atoms with Crippen molar-refractivity contribution in [3.8, 4) is 0 Å². The lowest BCUT2D eigenvalue weighted by Gasteiger charge is -2.33. The molecule has 10 unspecified atom stereocenters. The zero-order chi connectivity index (χ0) is 25.5. The van der Waals surface area contributed by atoms with Crippen molar-refractivity contribution in [3.05, 3.63) is 36.5 Å². The zero-order valence-corrected chi connectivity index (χ0v) is 23.5. The number of hydrogen-bond donors (Lipinski definition) is 5. The molecule has 36 heavy (non-hydrogen) atoms. The molecule has 0 radical (unpaired) electrons. The number of likely N-dealkylation sites (N-methyl/N-ethyl adjacent to an activating group) is 3. The van der Waals surface area contributed by atoms with Gasteiger partial charge in [-0.25, -0.2) is 0 Å². The molecule has 6 rings (SSSR count). The summed E-state index contributed by atoms with van der Waals surface area (Å²) in [5.41, 5.74) is 0. The average molecular weight is 499 g/mol. The molecule has 10 atom stereocenters. The van der Waals surface area contributed by atoms with E-state index in [0.717, 1.165) is 48.0 Å². The predicted octanol–water partition coefficient (Wildman–Crippen LogP) is 2.09. The minimum absolute atomic E-state index is 0.598. The van der Waals surface area contributed by atoms with Crippen LogP contribution in [0.2, 0.25) is 0 Å². The molecule has 3 heterocycles. The Morgan fingerprint density at radius 1 is 0.722 bits per heavy atom. The van der Waals surface area contributed by atoms with E-state index in [1.807, 2.05) is 0 Å². The van der Waals surface area contributed by atoms with Crippen molar-refractivity contribution in [2.75, 3.05) is 67.0 Å². The Morgan fingerprint density at radius 3 is 2.03 bits per heavy atom. The first kappa shape index (κ1) is 28.0. The van der Waals surface area contributed by atoms with Crippen molar-refractivity contribution in [2.24, 2.45) is 41.4 Å². The molecule has 6 nitrogen and oxygen atoms in total. The lowest BCUT2D eigenvalue weighted by atomic mass is 9.76. The van der Waals surface area contributed by atoms with E-state index in [2.05, 4.69) is 103 Å². The predicted molar refractivity (Wildman–Crippen MR) is 153 cm³/mol. The summed E-state index contributed by atoms with van der Waals surface area (Å²) in [5.74, 6) is 5.90. The first-order valence-electron chi connectivity index (χ1n) is 14.7. The van der Waals surface area contributed by atoms with Gasteiger partial charge in [0.15, 0.2) is 0 Å². The highest BCUT2D eigenvalue weighted by molar-refractivity contribution is 5.11. The SMILES string of the molecule is CCNC1C=CCC2CNCC21.CN(C)C1C=CCC2CNCC21.CNC1C=CC(C)C2CNCC12. The van der Waals surface area contributed by atoms with Gasteiger partial charge >= 0.3 is 0 Å². The van der Waals surface area contributed by atoms with Crippen LogP contribution in [-0.2, 0) is 0 Å². The molecular weight excluding hydrogens is 444 g/mol. The van der Waals surface area contributed by atoms with Gasteiger partial charge in [0.25, 0.3) is 0 Å². The van der Waals surface area contributed by atoms with Crippen molar-refractivity contribution in [3.63, 3.8) is 0 Å². The van der Waals surface area contributed by atoms with E-state index in [-0.39, 0.29) is 0 Å². The van der Waals surface area contributed by atoms with Crippen LogP contribution in [0.1, 0.15) is 26.7 Å². The molecule has 5 N–H and O–H groups in total. The fourth-order valence-corrected chi connectivity index (χ4v) is 7.51. The van der Waals surface area contributed by atoms with Crippen molar-refractivity contribution in [2.45, 2.75) is 44.8 Å². The fraction of sp³-hybridized carbons (Fsp3) is 0.800. The maximum atomic E-state index is 3.53. The van der Waals surface area contributed by atoms with Crippen LogP contribution in [0.4, 0.5) is 0 Å². The lowest BCUT2D eigenvalue weighted by molar-refractivity contribution is 0.217. The fourth-order valence-electron chi connectivity index (χ4n) is 7.51. The quantitative estimate of drug-likeness (QED) is 0.383. The molecule has 0 aromatic carbocycles. The van der Waals surface area contributed by atoms with Gasteiger partial charge in [0.1, 0.15) is 0 Å².